The number of aryl methyl sites for hydroxylation is 1. The number of guanidine groups is 1. The lowest BCUT2D eigenvalue weighted by Gasteiger charge is -2.54. The summed E-state index contributed by atoms with van der Waals surface area (Å²) in [6, 6.07) is 0.478. The van der Waals surface area contributed by atoms with E-state index in [1.54, 1.807) is 11.3 Å². The van der Waals surface area contributed by atoms with Gasteiger partial charge in [0.05, 0.1) is 12.6 Å². The van der Waals surface area contributed by atoms with Crippen LogP contribution in [0.25, 0.3) is 0 Å². The van der Waals surface area contributed by atoms with Gasteiger partial charge in [0, 0.05) is 36.2 Å². The maximum Gasteiger partial charge on any atom is 0.191 e. The number of hydrogen-bond acceptors (Lipinski definition) is 4. The fraction of sp³-hybridized carbons (Fsp3) is 0.765. The van der Waals surface area contributed by atoms with Gasteiger partial charge in [-0.05, 0) is 33.1 Å². The van der Waals surface area contributed by atoms with Crippen molar-refractivity contribution in [2.24, 2.45) is 10.4 Å². The molecule has 2 fully saturated rings. The van der Waals surface area contributed by atoms with Crippen molar-refractivity contribution in [1.82, 2.24) is 15.6 Å². The van der Waals surface area contributed by atoms with Crippen LogP contribution in [-0.2, 0) is 11.3 Å². The molecule has 5 nitrogen and oxygen atoms in total. The molecule has 2 aliphatic rings. The van der Waals surface area contributed by atoms with Crippen molar-refractivity contribution in [2.45, 2.75) is 64.6 Å². The summed E-state index contributed by atoms with van der Waals surface area (Å²) in [5.74, 6) is 0.879. The highest BCUT2D eigenvalue weighted by molar-refractivity contribution is 14.0. The van der Waals surface area contributed by atoms with E-state index in [-0.39, 0.29) is 24.0 Å². The minimum Gasteiger partial charge on any atom is -0.378 e. The van der Waals surface area contributed by atoms with Crippen molar-refractivity contribution >= 4 is 41.3 Å². The third-order valence-electron chi connectivity index (χ3n) is 5.30. The number of hydrogen-bond donors (Lipinski definition) is 2. The maximum absolute atomic E-state index is 5.98. The van der Waals surface area contributed by atoms with Crippen LogP contribution in [0.2, 0.25) is 0 Å². The average Bonchev–Trinajstić information content (AvgIpc) is 3.20. The molecule has 3 rings (SSSR count). The van der Waals surface area contributed by atoms with Gasteiger partial charge in [0.1, 0.15) is 5.01 Å². The van der Waals surface area contributed by atoms with Gasteiger partial charge in [-0.25, -0.2) is 4.98 Å². The van der Waals surface area contributed by atoms with Gasteiger partial charge in [-0.3, -0.25) is 4.99 Å². The molecule has 24 heavy (non-hydrogen) atoms. The van der Waals surface area contributed by atoms with Gasteiger partial charge in [-0.15, -0.1) is 35.3 Å². The van der Waals surface area contributed by atoms with Crippen LogP contribution in [0.4, 0.5) is 0 Å². The summed E-state index contributed by atoms with van der Waals surface area (Å²) in [5.41, 5.74) is 0.325. The molecule has 2 unspecified atom stereocenters. The summed E-state index contributed by atoms with van der Waals surface area (Å²) in [7, 11) is 1.84. The Bertz CT molecular complexity index is 557. The van der Waals surface area contributed by atoms with Crippen LogP contribution in [0.15, 0.2) is 11.2 Å². The van der Waals surface area contributed by atoms with E-state index in [1.807, 2.05) is 13.2 Å². The van der Waals surface area contributed by atoms with Gasteiger partial charge in [0.15, 0.2) is 5.96 Å². The minimum absolute atomic E-state index is 0. The molecule has 0 aliphatic heterocycles. The summed E-state index contributed by atoms with van der Waals surface area (Å²) in [5, 5.41) is 8.13. The zero-order chi connectivity index (χ0) is 16.3. The standard InChI is InChI=1S/C17H28N4OS.HI/c1-4-22-14-9-13(17(14)7-5-6-8-17)21-16(18-3)20-11-15-19-10-12(2)23-15;/h10,13-14H,4-9,11H2,1-3H3,(H2,18,20,21);1H. The number of halogens is 1. The molecular formula is C17H29IN4OS. The summed E-state index contributed by atoms with van der Waals surface area (Å²) >= 11 is 1.73. The van der Waals surface area contributed by atoms with E-state index in [0.717, 1.165) is 30.5 Å². The fourth-order valence-electron chi connectivity index (χ4n) is 4.09. The molecular weight excluding hydrogens is 435 g/mol. The summed E-state index contributed by atoms with van der Waals surface area (Å²) in [6.45, 7) is 5.72. The van der Waals surface area contributed by atoms with Gasteiger partial charge in [0.2, 0.25) is 0 Å². The van der Waals surface area contributed by atoms with Crippen molar-refractivity contribution < 1.29 is 4.74 Å². The average molecular weight is 464 g/mol. The zero-order valence-corrected chi connectivity index (χ0v) is 17.9. The Morgan fingerprint density at radius 3 is 2.79 bits per heavy atom. The molecule has 0 aromatic carbocycles. The molecule has 1 aromatic heterocycles. The third-order valence-corrected chi connectivity index (χ3v) is 6.21. The van der Waals surface area contributed by atoms with Crippen LogP contribution in [-0.4, -0.2) is 36.7 Å². The number of ether oxygens (including phenoxy) is 1. The van der Waals surface area contributed by atoms with Gasteiger partial charge < -0.3 is 15.4 Å². The van der Waals surface area contributed by atoms with Crippen LogP contribution in [0.3, 0.4) is 0 Å². The minimum atomic E-state index is 0. The lowest BCUT2D eigenvalue weighted by molar-refractivity contribution is -0.125. The Hall–Kier alpha value is -0.410. The highest BCUT2D eigenvalue weighted by Crippen LogP contribution is 2.54. The van der Waals surface area contributed by atoms with E-state index < -0.39 is 0 Å². The number of aliphatic imine (C=N–C) groups is 1. The second-order valence-corrected chi connectivity index (χ2v) is 7.93. The van der Waals surface area contributed by atoms with E-state index in [9.17, 15) is 0 Å². The monoisotopic (exact) mass is 464 g/mol. The molecule has 2 N–H and O–H groups in total. The first-order valence-corrected chi connectivity index (χ1v) is 9.49. The van der Waals surface area contributed by atoms with Gasteiger partial charge in [-0.2, -0.15) is 0 Å². The highest BCUT2D eigenvalue weighted by atomic mass is 127. The van der Waals surface area contributed by atoms with Gasteiger partial charge in [0.25, 0.3) is 0 Å². The molecule has 2 aliphatic carbocycles. The van der Waals surface area contributed by atoms with Crippen LogP contribution in [0, 0.1) is 12.3 Å². The van der Waals surface area contributed by atoms with E-state index >= 15 is 0 Å². The van der Waals surface area contributed by atoms with Crippen molar-refractivity contribution in [1.29, 1.82) is 0 Å². The van der Waals surface area contributed by atoms with Crippen molar-refractivity contribution in [3.05, 3.63) is 16.1 Å². The van der Waals surface area contributed by atoms with E-state index in [0.29, 0.717) is 17.6 Å². The highest BCUT2D eigenvalue weighted by Gasteiger charge is 2.56. The first-order valence-electron chi connectivity index (χ1n) is 8.68. The Kier molecular flexibility index (Phi) is 7.30. The second kappa shape index (κ2) is 8.80. The van der Waals surface area contributed by atoms with Crippen LogP contribution >= 0.6 is 35.3 Å². The predicted molar refractivity (Wildman–Crippen MR) is 110 cm³/mol. The molecule has 136 valence electrons. The predicted octanol–water partition coefficient (Wildman–Crippen LogP) is 3.47. The zero-order valence-electron chi connectivity index (χ0n) is 14.8. The van der Waals surface area contributed by atoms with Gasteiger partial charge >= 0.3 is 0 Å². The molecule has 7 heteroatoms. The topological polar surface area (TPSA) is 58.5 Å². The number of nitrogens with one attached hydrogen (secondary N) is 2. The van der Waals surface area contributed by atoms with Crippen LogP contribution < -0.4 is 10.6 Å². The second-order valence-electron chi connectivity index (χ2n) is 6.61. The lowest BCUT2D eigenvalue weighted by Crippen LogP contribution is -2.65. The molecule has 1 aromatic rings. The van der Waals surface area contributed by atoms with E-state index in [4.69, 9.17) is 4.74 Å². The Morgan fingerprint density at radius 1 is 1.46 bits per heavy atom. The molecule has 0 saturated heterocycles. The lowest BCUT2D eigenvalue weighted by atomic mass is 9.60. The first-order chi connectivity index (χ1) is 11.2. The fourth-order valence-corrected chi connectivity index (χ4v) is 4.82. The van der Waals surface area contributed by atoms with Crippen LogP contribution in [0.5, 0.6) is 0 Å². The van der Waals surface area contributed by atoms with Crippen molar-refractivity contribution in [2.75, 3.05) is 13.7 Å². The molecule has 0 bridgehead atoms. The summed E-state index contributed by atoms with van der Waals surface area (Å²) < 4.78 is 5.98. The number of aromatic nitrogens is 1. The third kappa shape index (κ3) is 4.04. The van der Waals surface area contributed by atoms with E-state index in [1.165, 1.54) is 30.6 Å². The number of rotatable bonds is 5. The molecule has 2 atom stereocenters. The summed E-state index contributed by atoms with van der Waals surface area (Å²) in [6.07, 6.45) is 8.63. The number of nitrogens with zero attached hydrogens (tertiary/aromatic N) is 2. The molecule has 2 saturated carbocycles. The molecule has 0 radical (unpaired) electrons. The number of thiazole rings is 1. The first kappa shape index (κ1) is 19.9. The normalized spacial score (nSPS) is 25.2. The molecule has 1 spiro atoms. The quantitative estimate of drug-likeness (QED) is 0.398. The maximum atomic E-state index is 5.98. The summed E-state index contributed by atoms with van der Waals surface area (Å²) in [4.78, 5) is 10.0. The Labute approximate surface area is 166 Å². The van der Waals surface area contributed by atoms with Crippen LogP contribution in [0.1, 0.15) is 48.9 Å². The van der Waals surface area contributed by atoms with Crippen molar-refractivity contribution in [3.8, 4) is 0 Å². The smallest absolute Gasteiger partial charge is 0.191 e. The Morgan fingerprint density at radius 2 is 2.21 bits per heavy atom. The van der Waals surface area contributed by atoms with Crippen molar-refractivity contribution in [3.63, 3.8) is 0 Å². The molecule has 0 amide bonds. The van der Waals surface area contributed by atoms with E-state index in [2.05, 4.69) is 34.5 Å². The largest absolute Gasteiger partial charge is 0.378 e. The molecule has 1 heterocycles. The SMILES string of the molecule is CCOC1CC(NC(=NC)NCc2ncc(C)s2)C12CCCC2.I. The Balaban J connectivity index is 0.00000208. The van der Waals surface area contributed by atoms with Gasteiger partial charge in [-0.1, -0.05) is 12.8 Å².